The molecule has 1 aromatic heterocycles. The van der Waals surface area contributed by atoms with Crippen molar-refractivity contribution in [3.05, 3.63) is 52.7 Å². The average molecular weight is 302 g/mol. The summed E-state index contributed by atoms with van der Waals surface area (Å²) in [6.07, 6.45) is 2.19. The molecule has 22 heavy (non-hydrogen) atoms. The number of rotatable bonds is 3. The first-order chi connectivity index (χ1) is 10.6. The SMILES string of the molecule is Cc1noc(C)c1CC(=O)N1CCCC1c1ccc(F)cc1. The molecule has 1 aromatic carbocycles. The third-order valence-corrected chi connectivity index (χ3v) is 4.34. The molecule has 2 heterocycles. The molecule has 1 unspecified atom stereocenters. The van der Waals surface area contributed by atoms with Crippen LogP contribution in [0.25, 0.3) is 0 Å². The van der Waals surface area contributed by atoms with Crippen LogP contribution in [0.15, 0.2) is 28.8 Å². The third kappa shape index (κ3) is 2.75. The minimum atomic E-state index is -0.254. The summed E-state index contributed by atoms with van der Waals surface area (Å²) in [7, 11) is 0. The fraction of sp³-hybridized carbons (Fsp3) is 0.412. The van der Waals surface area contributed by atoms with Crippen molar-refractivity contribution in [1.82, 2.24) is 10.1 Å². The monoisotopic (exact) mass is 302 g/mol. The third-order valence-electron chi connectivity index (χ3n) is 4.34. The lowest BCUT2D eigenvalue weighted by Crippen LogP contribution is -2.32. The molecule has 1 atom stereocenters. The predicted molar refractivity (Wildman–Crippen MR) is 79.8 cm³/mol. The number of benzene rings is 1. The molecule has 1 saturated heterocycles. The highest BCUT2D eigenvalue weighted by molar-refractivity contribution is 5.80. The maximum absolute atomic E-state index is 13.1. The van der Waals surface area contributed by atoms with E-state index in [0.29, 0.717) is 12.2 Å². The van der Waals surface area contributed by atoms with Crippen molar-refractivity contribution in [3.8, 4) is 0 Å². The van der Waals surface area contributed by atoms with E-state index >= 15 is 0 Å². The molecule has 5 heteroatoms. The van der Waals surface area contributed by atoms with Gasteiger partial charge in [-0.2, -0.15) is 0 Å². The molecular formula is C17H19FN2O2. The highest BCUT2D eigenvalue weighted by Gasteiger charge is 2.30. The van der Waals surface area contributed by atoms with Crippen LogP contribution in [0, 0.1) is 19.7 Å². The van der Waals surface area contributed by atoms with Gasteiger partial charge in [0.25, 0.3) is 0 Å². The van der Waals surface area contributed by atoms with Crippen LogP contribution in [0.3, 0.4) is 0 Å². The van der Waals surface area contributed by atoms with Crippen molar-refractivity contribution >= 4 is 5.91 Å². The summed E-state index contributed by atoms with van der Waals surface area (Å²) in [5.74, 6) is 0.514. The van der Waals surface area contributed by atoms with E-state index in [1.807, 2.05) is 18.7 Å². The average Bonchev–Trinajstić information content (AvgIpc) is 3.10. The summed E-state index contributed by atoms with van der Waals surface area (Å²) < 4.78 is 18.2. The molecule has 0 saturated carbocycles. The Hall–Kier alpha value is -2.17. The lowest BCUT2D eigenvalue weighted by Gasteiger charge is -2.25. The van der Waals surface area contributed by atoms with Crippen LogP contribution in [0.2, 0.25) is 0 Å². The number of halogens is 1. The summed E-state index contributed by atoms with van der Waals surface area (Å²) in [5, 5.41) is 3.90. The molecule has 2 aromatic rings. The zero-order chi connectivity index (χ0) is 15.7. The zero-order valence-corrected chi connectivity index (χ0v) is 12.8. The second kappa shape index (κ2) is 5.91. The van der Waals surface area contributed by atoms with Crippen molar-refractivity contribution in [2.24, 2.45) is 0 Å². The molecule has 3 rings (SSSR count). The van der Waals surface area contributed by atoms with Crippen molar-refractivity contribution in [3.63, 3.8) is 0 Å². The van der Waals surface area contributed by atoms with Gasteiger partial charge in [0.1, 0.15) is 11.6 Å². The van der Waals surface area contributed by atoms with Crippen molar-refractivity contribution in [2.75, 3.05) is 6.54 Å². The Balaban J connectivity index is 1.78. The van der Waals surface area contributed by atoms with Crippen LogP contribution in [0.5, 0.6) is 0 Å². The van der Waals surface area contributed by atoms with E-state index < -0.39 is 0 Å². The van der Waals surface area contributed by atoms with Gasteiger partial charge in [-0.15, -0.1) is 0 Å². The molecular weight excluding hydrogens is 283 g/mol. The van der Waals surface area contributed by atoms with Gasteiger partial charge in [0, 0.05) is 12.1 Å². The highest BCUT2D eigenvalue weighted by Crippen LogP contribution is 2.32. The first-order valence-electron chi connectivity index (χ1n) is 7.53. The number of aromatic nitrogens is 1. The number of carbonyl (C=O) groups is 1. The lowest BCUT2D eigenvalue weighted by atomic mass is 10.0. The Morgan fingerprint density at radius 1 is 1.36 bits per heavy atom. The van der Waals surface area contributed by atoms with Crippen LogP contribution in [0.1, 0.15) is 41.5 Å². The Morgan fingerprint density at radius 3 is 2.73 bits per heavy atom. The number of hydrogen-bond acceptors (Lipinski definition) is 3. The number of likely N-dealkylation sites (tertiary alicyclic amines) is 1. The van der Waals surface area contributed by atoms with Gasteiger partial charge in [0.05, 0.1) is 18.2 Å². The van der Waals surface area contributed by atoms with Crippen molar-refractivity contribution in [2.45, 2.75) is 39.2 Å². The van der Waals surface area contributed by atoms with Gasteiger partial charge in [0.2, 0.25) is 5.91 Å². The second-order valence-electron chi connectivity index (χ2n) is 5.78. The summed E-state index contributed by atoms with van der Waals surface area (Å²) in [6.45, 7) is 4.41. The number of carbonyl (C=O) groups excluding carboxylic acids is 1. The maximum atomic E-state index is 13.1. The molecule has 0 radical (unpaired) electrons. The minimum Gasteiger partial charge on any atom is -0.361 e. The number of amides is 1. The number of nitrogens with zero attached hydrogens (tertiary/aromatic N) is 2. The Kier molecular flexibility index (Phi) is 3.96. The van der Waals surface area contributed by atoms with E-state index in [1.165, 1.54) is 12.1 Å². The topological polar surface area (TPSA) is 46.3 Å². The Morgan fingerprint density at radius 2 is 2.09 bits per heavy atom. The molecule has 1 amide bonds. The van der Waals surface area contributed by atoms with E-state index in [4.69, 9.17) is 4.52 Å². The molecule has 0 bridgehead atoms. The number of hydrogen-bond donors (Lipinski definition) is 0. The lowest BCUT2D eigenvalue weighted by molar-refractivity contribution is -0.131. The highest BCUT2D eigenvalue weighted by atomic mass is 19.1. The summed E-state index contributed by atoms with van der Waals surface area (Å²) in [4.78, 5) is 14.5. The van der Waals surface area contributed by atoms with Crippen LogP contribution in [0.4, 0.5) is 4.39 Å². The van der Waals surface area contributed by atoms with Gasteiger partial charge in [-0.1, -0.05) is 17.3 Å². The summed E-state index contributed by atoms with van der Waals surface area (Å²) in [5.41, 5.74) is 2.63. The molecule has 116 valence electrons. The van der Waals surface area contributed by atoms with E-state index in [0.717, 1.165) is 36.2 Å². The maximum Gasteiger partial charge on any atom is 0.227 e. The van der Waals surface area contributed by atoms with Crippen LogP contribution in [-0.2, 0) is 11.2 Å². The molecule has 0 N–H and O–H groups in total. The van der Waals surface area contributed by atoms with Crippen LogP contribution in [-0.4, -0.2) is 22.5 Å². The van der Waals surface area contributed by atoms with Crippen molar-refractivity contribution in [1.29, 1.82) is 0 Å². The van der Waals surface area contributed by atoms with E-state index in [9.17, 15) is 9.18 Å². The van der Waals surface area contributed by atoms with Gasteiger partial charge in [-0.05, 0) is 44.4 Å². The van der Waals surface area contributed by atoms with Gasteiger partial charge in [0.15, 0.2) is 0 Å². The Labute approximate surface area is 128 Å². The minimum absolute atomic E-state index is 0.0357. The van der Waals surface area contributed by atoms with Crippen LogP contribution < -0.4 is 0 Å². The molecule has 4 nitrogen and oxygen atoms in total. The van der Waals surface area contributed by atoms with Gasteiger partial charge in [-0.3, -0.25) is 4.79 Å². The fourth-order valence-electron chi connectivity index (χ4n) is 3.10. The smallest absolute Gasteiger partial charge is 0.227 e. The molecule has 0 spiro atoms. The second-order valence-corrected chi connectivity index (χ2v) is 5.78. The zero-order valence-electron chi connectivity index (χ0n) is 12.8. The largest absolute Gasteiger partial charge is 0.361 e. The quantitative estimate of drug-likeness (QED) is 0.873. The van der Waals surface area contributed by atoms with E-state index in [2.05, 4.69) is 5.16 Å². The van der Waals surface area contributed by atoms with Gasteiger partial charge >= 0.3 is 0 Å². The first kappa shape index (κ1) is 14.8. The summed E-state index contributed by atoms with van der Waals surface area (Å²) >= 11 is 0. The molecule has 1 aliphatic rings. The predicted octanol–water partition coefficient (Wildman–Crippen LogP) is 3.34. The van der Waals surface area contributed by atoms with Crippen LogP contribution >= 0.6 is 0 Å². The van der Waals surface area contributed by atoms with Gasteiger partial charge < -0.3 is 9.42 Å². The summed E-state index contributed by atoms with van der Waals surface area (Å²) in [6, 6.07) is 6.46. The first-order valence-corrected chi connectivity index (χ1v) is 7.53. The molecule has 0 aliphatic carbocycles. The Bertz CT molecular complexity index is 659. The van der Waals surface area contributed by atoms with E-state index in [-0.39, 0.29) is 17.8 Å². The van der Waals surface area contributed by atoms with E-state index in [1.54, 1.807) is 12.1 Å². The molecule has 1 fully saturated rings. The normalized spacial score (nSPS) is 18.0. The molecule has 1 aliphatic heterocycles. The number of aryl methyl sites for hydroxylation is 2. The fourth-order valence-corrected chi connectivity index (χ4v) is 3.10. The standard InChI is InChI=1S/C17H19FN2O2/c1-11-15(12(2)22-19-11)10-17(21)20-9-3-4-16(20)13-5-7-14(18)8-6-13/h5-8,16H,3-4,9-10H2,1-2H3. The van der Waals surface area contributed by atoms with Gasteiger partial charge in [-0.25, -0.2) is 4.39 Å². The van der Waals surface area contributed by atoms with Crippen molar-refractivity contribution < 1.29 is 13.7 Å².